The van der Waals surface area contributed by atoms with Crippen LogP contribution in [0.2, 0.25) is 0 Å². The first-order valence-electron chi connectivity index (χ1n) is 7.41. The molecule has 0 bridgehead atoms. The van der Waals surface area contributed by atoms with Gasteiger partial charge in [-0.3, -0.25) is 4.90 Å². The highest BCUT2D eigenvalue weighted by molar-refractivity contribution is 7.10. The molecule has 19 heavy (non-hydrogen) atoms. The third-order valence-corrected chi connectivity index (χ3v) is 5.51. The molecule has 3 rings (SSSR count). The molecule has 1 aromatic rings. The van der Waals surface area contributed by atoms with Gasteiger partial charge in [0.15, 0.2) is 0 Å². The zero-order valence-corrected chi connectivity index (χ0v) is 12.6. The van der Waals surface area contributed by atoms with Crippen molar-refractivity contribution < 1.29 is 5.11 Å². The number of hydrogen-bond acceptors (Lipinski definition) is 4. The summed E-state index contributed by atoms with van der Waals surface area (Å²) in [5.41, 5.74) is 0.977. The average Bonchev–Trinajstić information content (AvgIpc) is 2.85. The van der Waals surface area contributed by atoms with Crippen molar-refractivity contribution in [2.24, 2.45) is 0 Å². The normalized spacial score (nSPS) is 29.4. The van der Waals surface area contributed by atoms with Gasteiger partial charge in [-0.15, -0.1) is 11.3 Å². The van der Waals surface area contributed by atoms with Crippen LogP contribution in [0.5, 0.6) is 0 Å². The van der Waals surface area contributed by atoms with E-state index in [0.717, 1.165) is 58.5 Å². The number of piperidine rings is 1. The fourth-order valence-electron chi connectivity index (χ4n) is 3.46. The van der Waals surface area contributed by atoms with E-state index in [1.807, 2.05) is 11.3 Å². The minimum absolute atomic E-state index is 0.498. The van der Waals surface area contributed by atoms with E-state index in [-0.39, 0.29) is 0 Å². The molecule has 0 aromatic carbocycles. The lowest BCUT2D eigenvalue weighted by Gasteiger charge is -2.42. The first-order valence-corrected chi connectivity index (χ1v) is 8.29. The predicted octanol–water partition coefficient (Wildman–Crippen LogP) is 1.95. The Hall–Kier alpha value is -0.420. The summed E-state index contributed by atoms with van der Waals surface area (Å²) in [4.78, 5) is 6.36. The smallest absolute Gasteiger partial charge is 0.0900 e. The molecule has 0 amide bonds. The minimum atomic E-state index is -0.498. The van der Waals surface area contributed by atoms with E-state index in [1.54, 1.807) is 4.88 Å². The van der Waals surface area contributed by atoms with Crippen molar-refractivity contribution in [3.8, 4) is 0 Å². The van der Waals surface area contributed by atoms with Crippen molar-refractivity contribution in [1.29, 1.82) is 0 Å². The van der Waals surface area contributed by atoms with E-state index in [9.17, 15) is 5.11 Å². The lowest BCUT2D eigenvalue weighted by molar-refractivity contribution is -0.0542. The van der Waals surface area contributed by atoms with Crippen molar-refractivity contribution >= 4 is 11.3 Å². The van der Waals surface area contributed by atoms with Crippen molar-refractivity contribution in [1.82, 2.24) is 9.80 Å². The Morgan fingerprint density at radius 1 is 1.37 bits per heavy atom. The molecule has 1 N–H and O–H groups in total. The van der Waals surface area contributed by atoms with Crippen LogP contribution in [0.15, 0.2) is 11.4 Å². The predicted molar refractivity (Wildman–Crippen MR) is 79.6 cm³/mol. The van der Waals surface area contributed by atoms with Crippen LogP contribution >= 0.6 is 11.3 Å². The number of β-amino-alcohol motifs (C(OH)–C–C–N with tert-alkyl or cyclic N) is 1. The summed E-state index contributed by atoms with van der Waals surface area (Å²) in [5, 5.41) is 13.0. The molecular formula is C15H24N2OS. The maximum atomic E-state index is 10.8. The second-order valence-electron chi connectivity index (χ2n) is 6.03. The summed E-state index contributed by atoms with van der Waals surface area (Å²) in [6.45, 7) is 8.18. The second kappa shape index (κ2) is 5.52. The summed E-state index contributed by atoms with van der Waals surface area (Å²) in [7, 11) is 0. The number of aliphatic hydroxyl groups is 1. The summed E-state index contributed by atoms with van der Waals surface area (Å²) >= 11 is 1.88. The molecule has 1 saturated heterocycles. The van der Waals surface area contributed by atoms with Crippen molar-refractivity contribution in [2.75, 3.05) is 32.7 Å². The van der Waals surface area contributed by atoms with E-state index < -0.39 is 5.60 Å². The molecule has 1 aromatic heterocycles. The van der Waals surface area contributed by atoms with Gasteiger partial charge in [-0.25, -0.2) is 0 Å². The van der Waals surface area contributed by atoms with E-state index in [4.69, 9.17) is 0 Å². The highest BCUT2D eigenvalue weighted by Gasteiger charge is 2.35. The van der Waals surface area contributed by atoms with E-state index in [1.165, 1.54) is 5.56 Å². The SMILES string of the molecule is CCN1CCC[C@@](O)(CN2CCc3sccc3C2)C1. The van der Waals surface area contributed by atoms with E-state index in [2.05, 4.69) is 28.2 Å². The summed E-state index contributed by atoms with van der Waals surface area (Å²) < 4.78 is 0. The van der Waals surface area contributed by atoms with Gasteiger partial charge in [0.05, 0.1) is 5.60 Å². The molecule has 1 atom stereocenters. The Morgan fingerprint density at radius 2 is 2.26 bits per heavy atom. The van der Waals surface area contributed by atoms with Crippen LogP contribution in [0.25, 0.3) is 0 Å². The minimum Gasteiger partial charge on any atom is -0.387 e. The highest BCUT2D eigenvalue weighted by Crippen LogP contribution is 2.27. The largest absolute Gasteiger partial charge is 0.387 e. The van der Waals surface area contributed by atoms with Crippen LogP contribution < -0.4 is 0 Å². The van der Waals surface area contributed by atoms with Crippen LogP contribution in [-0.4, -0.2) is 53.2 Å². The Balaban J connectivity index is 1.62. The van der Waals surface area contributed by atoms with E-state index >= 15 is 0 Å². The van der Waals surface area contributed by atoms with Gasteiger partial charge in [0, 0.05) is 31.1 Å². The molecule has 0 aliphatic carbocycles. The molecule has 0 saturated carbocycles. The fraction of sp³-hybridized carbons (Fsp3) is 0.733. The van der Waals surface area contributed by atoms with Crippen LogP contribution in [-0.2, 0) is 13.0 Å². The number of fused-ring (bicyclic) bond motifs is 1. The van der Waals surface area contributed by atoms with Gasteiger partial charge < -0.3 is 10.0 Å². The summed E-state index contributed by atoms with van der Waals surface area (Å²) in [6.07, 6.45) is 3.24. The van der Waals surface area contributed by atoms with E-state index in [0.29, 0.717) is 0 Å². The Bertz CT molecular complexity index is 434. The van der Waals surface area contributed by atoms with Crippen LogP contribution in [0.3, 0.4) is 0 Å². The van der Waals surface area contributed by atoms with Gasteiger partial charge in [0.25, 0.3) is 0 Å². The first-order chi connectivity index (χ1) is 9.18. The van der Waals surface area contributed by atoms with Crippen LogP contribution in [0.4, 0.5) is 0 Å². The molecule has 106 valence electrons. The van der Waals surface area contributed by atoms with Crippen molar-refractivity contribution in [2.45, 2.75) is 38.3 Å². The van der Waals surface area contributed by atoms with Crippen LogP contribution in [0.1, 0.15) is 30.2 Å². The van der Waals surface area contributed by atoms with Gasteiger partial charge >= 0.3 is 0 Å². The van der Waals surface area contributed by atoms with Gasteiger partial charge in [-0.1, -0.05) is 6.92 Å². The first kappa shape index (κ1) is 13.6. The zero-order valence-electron chi connectivity index (χ0n) is 11.8. The molecule has 0 spiro atoms. The Morgan fingerprint density at radius 3 is 3.11 bits per heavy atom. The third-order valence-electron chi connectivity index (χ3n) is 4.49. The molecule has 1 fully saturated rings. The summed E-state index contributed by atoms with van der Waals surface area (Å²) in [5.74, 6) is 0. The molecule has 0 radical (unpaired) electrons. The quantitative estimate of drug-likeness (QED) is 0.917. The highest BCUT2D eigenvalue weighted by atomic mass is 32.1. The fourth-order valence-corrected chi connectivity index (χ4v) is 4.35. The molecular weight excluding hydrogens is 256 g/mol. The third kappa shape index (κ3) is 3.02. The molecule has 3 nitrogen and oxygen atoms in total. The number of likely N-dealkylation sites (tertiary alicyclic amines) is 1. The monoisotopic (exact) mass is 280 g/mol. The number of thiophene rings is 1. The second-order valence-corrected chi connectivity index (χ2v) is 7.03. The molecule has 2 aliphatic heterocycles. The van der Waals surface area contributed by atoms with Gasteiger partial charge in [0.1, 0.15) is 0 Å². The maximum Gasteiger partial charge on any atom is 0.0900 e. The van der Waals surface area contributed by atoms with Gasteiger partial charge in [-0.05, 0) is 49.4 Å². The summed E-state index contributed by atoms with van der Waals surface area (Å²) in [6, 6.07) is 2.25. The average molecular weight is 280 g/mol. The lowest BCUT2D eigenvalue weighted by atomic mass is 9.91. The van der Waals surface area contributed by atoms with Crippen LogP contribution in [0, 0.1) is 0 Å². The van der Waals surface area contributed by atoms with Crippen molar-refractivity contribution in [3.63, 3.8) is 0 Å². The number of nitrogens with zero attached hydrogens (tertiary/aromatic N) is 2. The molecule has 3 heterocycles. The van der Waals surface area contributed by atoms with Crippen molar-refractivity contribution in [3.05, 3.63) is 21.9 Å². The number of hydrogen-bond donors (Lipinski definition) is 1. The Labute approximate surface area is 119 Å². The maximum absolute atomic E-state index is 10.8. The van der Waals surface area contributed by atoms with Gasteiger partial charge in [0.2, 0.25) is 0 Å². The lowest BCUT2D eigenvalue weighted by Crippen LogP contribution is -2.54. The zero-order chi connectivity index (χ0) is 13.3. The molecule has 0 unspecified atom stereocenters. The molecule has 4 heteroatoms. The number of likely N-dealkylation sites (N-methyl/N-ethyl adjacent to an activating group) is 1. The van der Waals surface area contributed by atoms with Gasteiger partial charge in [-0.2, -0.15) is 0 Å². The number of rotatable bonds is 3. The topological polar surface area (TPSA) is 26.7 Å². The standard InChI is InChI=1S/C15H24N2OS/c1-2-16-7-3-6-15(18,11-16)12-17-8-4-14-13(10-17)5-9-19-14/h5,9,18H,2-4,6-8,10-12H2,1H3/t15-/m0/s1. The molecule has 2 aliphatic rings. The Kier molecular flexibility index (Phi) is 3.94.